The van der Waals surface area contributed by atoms with Crippen molar-refractivity contribution in [3.8, 4) is 11.5 Å². The molecule has 4 nitrogen and oxygen atoms in total. The number of benzene rings is 1. The van der Waals surface area contributed by atoms with Crippen LogP contribution in [0.4, 0.5) is 0 Å². The van der Waals surface area contributed by atoms with E-state index in [1.807, 2.05) is 13.0 Å². The number of rotatable bonds is 2. The second-order valence-electron chi connectivity index (χ2n) is 3.85. The zero-order chi connectivity index (χ0) is 12.6. The number of fused-ring (bicyclic) bond motifs is 1. The average Bonchev–Trinajstić information content (AvgIpc) is 2.29. The van der Waals surface area contributed by atoms with Gasteiger partial charge in [0.1, 0.15) is 22.6 Å². The van der Waals surface area contributed by atoms with Crippen molar-refractivity contribution in [2.24, 2.45) is 0 Å². The van der Waals surface area contributed by atoms with Crippen molar-refractivity contribution in [2.75, 3.05) is 14.2 Å². The number of hydrogen-bond acceptors (Lipinski definition) is 4. The summed E-state index contributed by atoms with van der Waals surface area (Å²) in [6, 6.07) is 3.61. The lowest BCUT2D eigenvalue weighted by atomic mass is 10.1. The molecule has 0 atom stereocenters. The van der Waals surface area contributed by atoms with Crippen LogP contribution in [0.1, 0.15) is 11.3 Å². The van der Waals surface area contributed by atoms with Gasteiger partial charge in [0.05, 0.1) is 14.2 Å². The molecule has 17 heavy (non-hydrogen) atoms. The van der Waals surface area contributed by atoms with Crippen molar-refractivity contribution in [3.05, 3.63) is 33.9 Å². The molecule has 0 spiro atoms. The van der Waals surface area contributed by atoms with Crippen LogP contribution >= 0.6 is 0 Å². The molecule has 0 aliphatic rings. The minimum absolute atomic E-state index is 0.386. The van der Waals surface area contributed by atoms with E-state index >= 15 is 0 Å². The maximum atomic E-state index is 11.8. The van der Waals surface area contributed by atoms with Gasteiger partial charge in [0.2, 0.25) is 0 Å². The van der Waals surface area contributed by atoms with Crippen LogP contribution in [0.5, 0.6) is 11.5 Å². The van der Waals surface area contributed by atoms with Crippen LogP contribution in [0.2, 0.25) is 0 Å². The number of hydrogen-bond donors (Lipinski definition) is 0. The van der Waals surface area contributed by atoms with Crippen molar-refractivity contribution >= 4 is 10.8 Å². The van der Waals surface area contributed by atoms with E-state index in [9.17, 15) is 4.79 Å². The van der Waals surface area contributed by atoms with E-state index in [1.165, 1.54) is 7.11 Å². The van der Waals surface area contributed by atoms with Gasteiger partial charge in [-0.05, 0) is 31.4 Å². The van der Waals surface area contributed by atoms with Gasteiger partial charge in [0.15, 0.2) is 0 Å². The molecule has 2 aromatic rings. The minimum Gasteiger partial charge on any atom is -0.496 e. The standard InChI is InChI=1S/C13H14O4/c1-7-5-9-6-10(15-3)8(2)12(16-4)11(9)13(14)17-7/h5-6H,1-4H3. The third kappa shape index (κ3) is 1.75. The highest BCUT2D eigenvalue weighted by atomic mass is 16.5. The lowest BCUT2D eigenvalue weighted by Gasteiger charge is -2.12. The minimum atomic E-state index is -0.386. The number of ether oxygens (including phenoxy) is 2. The Morgan fingerprint density at radius 1 is 1.12 bits per heavy atom. The lowest BCUT2D eigenvalue weighted by Crippen LogP contribution is -2.04. The molecular formula is C13H14O4. The second-order valence-corrected chi connectivity index (χ2v) is 3.85. The smallest absolute Gasteiger partial charge is 0.347 e. The predicted molar refractivity (Wildman–Crippen MR) is 65.1 cm³/mol. The van der Waals surface area contributed by atoms with E-state index in [2.05, 4.69) is 0 Å². The Bertz CT molecular complexity index is 625. The van der Waals surface area contributed by atoms with Gasteiger partial charge in [-0.3, -0.25) is 0 Å². The third-order valence-corrected chi connectivity index (χ3v) is 2.75. The summed E-state index contributed by atoms with van der Waals surface area (Å²) in [5.74, 6) is 1.77. The van der Waals surface area contributed by atoms with E-state index in [0.717, 1.165) is 10.9 Å². The Balaban J connectivity index is 2.98. The van der Waals surface area contributed by atoms with Crippen LogP contribution in [0.15, 0.2) is 21.3 Å². The van der Waals surface area contributed by atoms with Crippen LogP contribution in [0, 0.1) is 13.8 Å². The van der Waals surface area contributed by atoms with Crippen molar-refractivity contribution in [2.45, 2.75) is 13.8 Å². The second kappa shape index (κ2) is 4.13. The fourth-order valence-electron chi connectivity index (χ4n) is 1.99. The first kappa shape index (κ1) is 11.5. The van der Waals surface area contributed by atoms with E-state index in [1.54, 1.807) is 20.1 Å². The molecule has 2 rings (SSSR count). The molecule has 0 bridgehead atoms. The largest absolute Gasteiger partial charge is 0.496 e. The van der Waals surface area contributed by atoms with Gasteiger partial charge in [-0.15, -0.1) is 0 Å². The topological polar surface area (TPSA) is 48.7 Å². The zero-order valence-corrected chi connectivity index (χ0v) is 10.3. The third-order valence-electron chi connectivity index (χ3n) is 2.75. The molecule has 0 radical (unpaired) electrons. The summed E-state index contributed by atoms with van der Waals surface area (Å²) in [6.07, 6.45) is 0. The molecule has 0 amide bonds. The monoisotopic (exact) mass is 234 g/mol. The van der Waals surface area contributed by atoms with Crippen molar-refractivity contribution in [1.82, 2.24) is 0 Å². The maximum absolute atomic E-state index is 11.8. The van der Waals surface area contributed by atoms with Gasteiger partial charge >= 0.3 is 5.63 Å². The Kier molecular flexibility index (Phi) is 2.79. The van der Waals surface area contributed by atoms with E-state index in [4.69, 9.17) is 13.9 Å². The molecule has 0 unspecified atom stereocenters. The molecule has 1 aromatic heterocycles. The zero-order valence-electron chi connectivity index (χ0n) is 10.3. The summed E-state index contributed by atoms with van der Waals surface area (Å²) in [5.41, 5.74) is 0.404. The summed E-state index contributed by atoms with van der Waals surface area (Å²) < 4.78 is 15.6. The fraction of sp³-hybridized carbons (Fsp3) is 0.308. The van der Waals surface area contributed by atoms with Crippen molar-refractivity contribution in [1.29, 1.82) is 0 Å². The Labute approximate surface area is 98.8 Å². The predicted octanol–water partition coefficient (Wildman–Crippen LogP) is 2.43. The lowest BCUT2D eigenvalue weighted by molar-refractivity contribution is 0.390. The highest BCUT2D eigenvalue weighted by molar-refractivity contribution is 5.90. The first-order valence-electron chi connectivity index (χ1n) is 5.24. The molecule has 4 heteroatoms. The van der Waals surface area contributed by atoms with Crippen LogP contribution in [-0.4, -0.2) is 14.2 Å². The van der Waals surface area contributed by atoms with Gasteiger partial charge in [-0.25, -0.2) is 4.79 Å². The first-order valence-corrected chi connectivity index (χ1v) is 5.24. The number of aryl methyl sites for hydroxylation is 1. The summed E-state index contributed by atoms with van der Waals surface area (Å²) in [7, 11) is 3.12. The highest BCUT2D eigenvalue weighted by Crippen LogP contribution is 2.34. The molecule has 0 fully saturated rings. The molecule has 0 aliphatic carbocycles. The van der Waals surface area contributed by atoms with Gasteiger partial charge in [-0.1, -0.05) is 0 Å². The molecule has 1 aromatic carbocycles. The Morgan fingerprint density at radius 3 is 2.41 bits per heavy atom. The molecule has 0 saturated carbocycles. The van der Waals surface area contributed by atoms with Crippen molar-refractivity contribution in [3.63, 3.8) is 0 Å². The Hall–Kier alpha value is -1.97. The average molecular weight is 234 g/mol. The van der Waals surface area contributed by atoms with Gasteiger partial charge in [0.25, 0.3) is 0 Å². The summed E-state index contributed by atoms with van der Waals surface area (Å²) in [6.45, 7) is 3.58. The molecule has 1 heterocycles. The summed E-state index contributed by atoms with van der Waals surface area (Å²) in [4.78, 5) is 11.8. The van der Waals surface area contributed by atoms with Gasteiger partial charge in [0, 0.05) is 5.56 Å². The van der Waals surface area contributed by atoms with E-state index in [-0.39, 0.29) is 5.63 Å². The van der Waals surface area contributed by atoms with E-state index < -0.39 is 0 Å². The van der Waals surface area contributed by atoms with Crippen LogP contribution in [-0.2, 0) is 0 Å². The van der Waals surface area contributed by atoms with Crippen LogP contribution < -0.4 is 15.1 Å². The number of methoxy groups -OCH3 is 2. The molecular weight excluding hydrogens is 220 g/mol. The molecule has 0 saturated heterocycles. The highest BCUT2D eigenvalue weighted by Gasteiger charge is 2.15. The SMILES string of the molecule is COc1cc2cc(C)oc(=O)c2c(OC)c1C. The summed E-state index contributed by atoms with van der Waals surface area (Å²) >= 11 is 0. The molecule has 0 aliphatic heterocycles. The van der Waals surface area contributed by atoms with Gasteiger partial charge in [-0.2, -0.15) is 0 Å². The molecule has 90 valence electrons. The van der Waals surface area contributed by atoms with Crippen LogP contribution in [0.3, 0.4) is 0 Å². The van der Waals surface area contributed by atoms with Gasteiger partial charge < -0.3 is 13.9 Å². The Morgan fingerprint density at radius 2 is 1.82 bits per heavy atom. The first-order chi connectivity index (χ1) is 8.08. The quantitative estimate of drug-likeness (QED) is 0.800. The van der Waals surface area contributed by atoms with Crippen molar-refractivity contribution < 1.29 is 13.9 Å². The van der Waals surface area contributed by atoms with Crippen LogP contribution in [0.25, 0.3) is 10.8 Å². The fourth-order valence-corrected chi connectivity index (χ4v) is 1.99. The summed E-state index contributed by atoms with van der Waals surface area (Å²) in [5, 5.41) is 1.22. The molecule has 0 N–H and O–H groups in total. The maximum Gasteiger partial charge on any atom is 0.347 e. The normalized spacial score (nSPS) is 10.6. The van der Waals surface area contributed by atoms with E-state index in [0.29, 0.717) is 22.6 Å².